The van der Waals surface area contributed by atoms with E-state index in [1.807, 2.05) is 38.1 Å². The lowest BCUT2D eigenvalue weighted by Crippen LogP contribution is -2.52. The van der Waals surface area contributed by atoms with Gasteiger partial charge in [-0.2, -0.15) is 0 Å². The van der Waals surface area contributed by atoms with Crippen LogP contribution in [0.4, 0.5) is 5.69 Å². The summed E-state index contributed by atoms with van der Waals surface area (Å²) in [5.74, 6) is -0.307. The number of benzene rings is 3. The van der Waals surface area contributed by atoms with Crippen LogP contribution in [0.2, 0.25) is 5.02 Å². The summed E-state index contributed by atoms with van der Waals surface area (Å²) in [6, 6.07) is 19.0. The minimum atomic E-state index is -4.18. The lowest BCUT2D eigenvalue weighted by atomic mass is 10.1. The average molecular weight is 572 g/mol. The maximum Gasteiger partial charge on any atom is 0.264 e. The van der Waals surface area contributed by atoms with E-state index in [4.69, 9.17) is 16.3 Å². The Balaban J connectivity index is 2.05. The van der Waals surface area contributed by atoms with Gasteiger partial charge in [-0.3, -0.25) is 13.9 Å². The molecule has 0 spiro atoms. The molecule has 2 amide bonds. The molecule has 0 saturated heterocycles. The standard InChI is InChI=1S/C29H34ClN3O5S/c1-5-27(29(35)31-6-2)32(19-22-9-7-8-21(3)18-22)28(34)20-33(24-12-10-23(30)11-13-24)39(36,37)26-16-14-25(38-4)15-17-26/h7-18,27H,5-6,19-20H2,1-4H3,(H,31,35)/t27-/m1/s1. The van der Waals surface area contributed by atoms with E-state index in [0.29, 0.717) is 23.7 Å². The van der Waals surface area contributed by atoms with Crippen molar-refractivity contribution in [2.75, 3.05) is 24.5 Å². The molecular weight excluding hydrogens is 538 g/mol. The van der Waals surface area contributed by atoms with Crippen LogP contribution in [-0.2, 0) is 26.2 Å². The Bertz CT molecular complexity index is 1380. The Morgan fingerprint density at radius 3 is 2.23 bits per heavy atom. The highest BCUT2D eigenvalue weighted by atomic mass is 35.5. The fourth-order valence-corrected chi connectivity index (χ4v) is 5.77. The van der Waals surface area contributed by atoms with Crippen molar-refractivity contribution >= 4 is 39.1 Å². The van der Waals surface area contributed by atoms with Gasteiger partial charge in [-0.15, -0.1) is 0 Å². The van der Waals surface area contributed by atoms with E-state index in [2.05, 4.69) is 5.32 Å². The zero-order chi connectivity index (χ0) is 28.6. The third-order valence-electron chi connectivity index (χ3n) is 6.21. The lowest BCUT2D eigenvalue weighted by Gasteiger charge is -2.33. The van der Waals surface area contributed by atoms with Crippen LogP contribution >= 0.6 is 11.6 Å². The third kappa shape index (κ3) is 7.52. The van der Waals surface area contributed by atoms with E-state index in [1.165, 1.54) is 24.1 Å². The molecule has 0 heterocycles. The quantitative estimate of drug-likeness (QED) is 0.337. The normalized spacial score (nSPS) is 11.9. The van der Waals surface area contributed by atoms with Crippen LogP contribution in [0.3, 0.4) is 0 Å². The van der Waals surface area contributed by atoms with Crippen molar-refractivity contribution in [2.45, 2.75) is 44.7 Å². The highest BCUT2D eigenvalue weighted by molar-refractivity contribution is 7.92. The van der Waals surface area contributed by atoms with E-state index in [-0.39, 0.29) is 23.0 Å². The van der Waals surface area contributed by atoms with Gasteiger partial charge in [-0.05, 0) is 74.4 Å². The number of carbonyl (C=O) groups excluding carboxylic acids is 2. The molecule has 0 aliphatic carbocycles. The molecule has 3 aromatic rings. The van der Waals surface area contributed by atoms with E-state index >= 15 is 0 Å². The fraction of sp³-hybridized carbons (Fsp3) is 0.310. The van der Waals surface area contributed by atoms with Crippen LogP contribution in [0, 0.1) is 6.92 Å². The topological polar surface area (TPSA) is 96.0 Å². The first-order valence-electron chi connectivity index (χ1n) is 12.7. The molecule has 0 radical (unpaired) electrons. The zero-order valence-corrected chi connectivity index (χ0v) is 24.1. The van der Waals surface area contributed by atoms with Crippen LogP contribution in [0.1, 0.15) is 31.4 Å². The molecule has 0 aliphatic heterocycles. The number of halogens is 1. The number of rotatable bonds is 12. The Kier molecular flexibility index (Phi) is 10.4. The molecule has 0 saturated carbocycles. The number of hydrogen-bond acceptors (Lipinski definition) is 5. The average Bonchev–Trinajstić information content (AvgIpc) is 2.92. The van der Waals surface area contributed by atoms with Crippen molar-refractivity contribution in [3.63, 3.8) is 0 Å². The van der Waals surface area contributed by atoms with Crippen molar-refractivity contribution in [1.82, 2.24) is 10.2 Å². The molecule has 208 valence electrons. The second kappa shape index (κ2) is 13.5. The minimum Gasteiger partial charge on any atom is -0.497 e. The van der Waals surface area contributed by atoms with E-state index in [0.717, 1.165) is 15.4 Å². The molecule has 10 heteroatoms. The molecule has 0 aliphatic rings. The number of anilines is 1. The number of aryl methyl sites for hydroxylation is 1. The van der Waals surface area contributed by atoms with Crippen molar-refractivity contribution in [3.05, 3.63) is 88.9 Å². The summed E-state index contributed by atoms with van der Waals surface area (Å²) in [7, 11) is -2.69. The minimum absolute atomic E-state index is 0.00736. The summed E-state index contributed by atoms with van der Waals surface area (Å²) in [4.78, 5) is 28.4. The molecule has 8 nitrogen and oxygen atoms in total. The van der Waals surface area contributed by atoms with Gasteiger partial charge < -0.3 is 15.0 Å². The molecule has 0 fully saturated rings. The van der Waals surface area contributed by atoms with Gasteiger partial charge >= 0.3 is 0 Å². The molecule has 1 N–H and O–H groups in total. The number of nitrogens with one attached hydrogen (secondary N) is 1. The summed E-state index contributed by atoms with van der Waals surface area (Å²) in [6.07, 6.45) is 0.357. The second-order valence-corrected chi connectivity index (χ2v) is 11.3. The van der Waals surface area contributed by atoms with E-state index in [9.17, 15) is 18.0 Å². The predicted molar refractivity (Wildman–Crippen MR) is 153 cm³/mol. The van der Waals surface area contributed by atoms with E-state index < -0.39 is 28.5 Å². The number of nitrogens with zero attached hydrogens (tertiary/aromatic N) is 2. The number of sulfonamides is 1. The summed E-state index contributed by atoms with van der Waals surface area (Å²) in [6.45, 7) is 5.61. The van der Waals surface area contributed by atoms with E-state index in [1.54, 1.807) is 43.3 Å². The highest BCUT2D eigenvalue weighted by Crippen LogP contribution is 2.27. The number of carbonyl (C=O) groups is 2. The van der Waals surface area contributed by atoms with Gasteiger partial charge in [-0.1, -0.05) is 48.4 Å². The number of hydrogen-bond donors (Lipinski definition) is 1. The summed E-state index contributed by atoms with van der Waals surface area (Å²) < 4.78 is 33.9. The summed E-state index contributed by atoms with van der Waals surface area (Å²) >= 11 is 6.06. The summed E-state index contributed by atoms with van der Waals surface area (Å²) in [5, 5.41) is 3.22. The first-order valence-corrected chi connectivity index (χ1v) is 14.5. The van der Waals surface area contributed by atoms with Crippen LogP contribution in [0.5, 0.6) is 5.75 Å². The number of likely N-dealkylation sites (N-methyl/N-ethyl adjacent to an activating group) is 1. The SMILES string of the molecule is CCNC(=O)[C@@H](CC)N(Cc1cccc(C)c1)C(=O)CN(c1ccc(Cl)cc1)S(=O)(=O)c1ccc(OC)cc1. The number of ether oxygens (including phenoxy) is 1. The van der Waals surface area contributed by atoms with Gasteiger partial charge in [0.2, 0.25) is 11.8 Å². The van der Waals surface area contributed by atoms with Crippen LogP contribution in [0.15, 0.2) is 77.7 Å². The molecule has 0 unspecified atom stereocenters. The van der Waals surface area contributed by atoms with Crippen molar-refractivity contribution in [2.24, 2.45) is 0 Å². The summed E-state index contributed by atoms with van der Waals surface area (Å²) in [5.41, 5.74) is 2.11. The molecule has 0 aromatic heterocycles. The van der Waals surface area contributed by atoms with Gasteiger partial charge in [0.1, 0.15) is 18.3 Å². The van der Waals surface area contributed by atoms with Crippen LogP contribution in [0.25, 0.3) is 0 Å². The van der Waals surface area contributed by atoms with Crippen LogP contribution in [-0.4, -0.2) is 51.4 Å². The Labute approximate surface area is 235 Å². The lowest BCUT2D eigenvalue weighted by molar-refractivity contribution is -0.140. The van der Waals surface area contributed by atoms with Crippen LogP contribution < -0.4 is 14.4 Å². The molecular formula is C29H34ClN3O5S. The number of amides is 2. The largest absolute Gasteiger partial charge is 0.497 e. The second-order valence-electron chi connectivity index (χ2n) is 8.99. The smallest absolute Gasteiger partial charge is 0.264 e. The molecule has 39 heavy (non-hydrogen) atoms. The van der Waals surface area contributed by atoms with Crippen molar-refractivity contribution < 1.29 is 22.7 Å². The fourth-order valence-electron chi connectivity index (χ4n) is 4.23. The van der Waals surface area contributed by atoms with Gasteiger partial charge in [0.15, 0.2) is 0 Å². The van der Waals surface area contributed by atoms with Crippen molar-refractivity contribution in [1.29, 1.82) is 0 Å². The maximum atomic E-state index is 14.0. The first kappa shape index (κ1) is 30.0. The third-order valence-corrected chi connectivity index (χ3v) is 8.25. The zero-order valence-electron chi connectivity index (χ0n) is 22.6. The maximum absolute atomic E-state index is 14.0. The Morgan fingerprint density at radius 2 is 1.67 bits per heavy atom. The van der Waals surface area contributed by atoms with Gasteiger partial charge in [0.05, 0.1) is 17.7 Å². The predicted octanol–water partition coefficient (Wildman–Crippen LogP) is 4.80. The van der Waals surface area contributed by atoms with Gasteiger partial charge in [0, 0.05) is 18.1 Å². The monoisotopic (exact) mass is 571 g/mol. The van der Waals surface area contributed by atoms with Crippen molar-refractivity contribution in [3.8, 4) is 5.75 Å². The molecule has 3 aromatic carbocycles. The van der Waals surface area contributed by atoms with Gasteiger partial charge in [-0.25, -0.2) is 8.42 Å². The molecule has 0 bridgehead atoms. The molecule has 3 rings (SSSR count). The van der Waals surface area contributed by atoms with Gasteiger partial charge in [0.25, 0.3) is 10.0 Å². The Hall–Kier alpha value is -3.56. The molecule has 1 atom stereocenters. The highest BCUT2D eigenvalue weighted by Gasteiger charge is 2.33. The Morgan fingerprint density at radius 1 is 1.00 bits per heavy atom. The first-order chi connectivity index (χ1) is 18.6. The number of methoxy groups -OCH3 is 1.